The number of thiophene rings is 1. The first-order chi connectivity index (χ1) is 11.5. The molecule has 1 aromatic heterocycles. The van der Waals surface area contributed by atoms with Crippen molar-refractivity contribution in [1.29, 1.82) is 0 Å². The molecule has 0 aliphatic heterocycles. The van der Waals surface area contributed by atoms with Crippen molar-refractivity contribution >= 4 is 39.8 Å². The Morgan fingerprint density at radius 2 is 2.17 bits per heavy atom. The predicted molar refractivity (Wildman–Crippen MR) is 95.2 cm³/mol. The zero-order valence-electron chi connectivity index (χ0n) is 13.1. The van der Waals surface area contributed by atoms with Crippen molar-refractivity contribution < 1.29 is 14.3 Å². The Morgan fingerprint density at radius 3 is 2.92 bits per heavy atom. The molecule has 3 rings (SSSR count). The summed E-state index contributed by atoms with van der Waals surface area (Å²) in [5.74, 6) is -0.405. The first kappa shape index (κ1) is 16.8. The normalized spacial score (nSPS) is 12.8. The van der Waals surface area contributed by atoms with Crippen molar-refractivity contribution in [2.45, 2.75) is 26.2 Å². The molecule has 3 N–H and O–H groups in total. The maximum atomic E-state index is 12.2. The summed E-state index contributed by atoms with van der Waals surface area (Å²) in [6.45, 7) is 1.72. The fraction of sp³-hybridized carbons (Fsp3) is 0.294. The van der Waals surface area contributed by atoms with Crippen LogP contribution in [0.5, 0.6) is 5.75 Å². The van der Waals surface area contributed by atoms with Crippen LogP contribution < -0.4 is 15.8 Å². The van der Waals surface area contributed by atoms with E-state index in [9.17, 15) is 9.59 Å². The van der Waals surface area contributed by atoms with Crippen molar-refractivity contribution in [3.63, 3.8) is 0 Å². The number of carbonyl (C=O) groups is 2. The van der Waals surface area contributed by atoms with E-state index in [-0.39, 0.29) is 12.5 Å². The molecule has 0 bridgehead atoms. The maximum absolute atomic E-state index is 12.2. The largest absolute Gasteiger partial charge is 0.482 e. The number of rotatable bonds is 5. The Hall–Kier alpha value is -2.05. The van der Waals surface area contributed by atoms with Gasteiger partial charge < -0.3 is 15.8 Å². The van der Waals surface area contributed by atoms with E-state index in [4.69, 9.17) is 22.1 Å². The minimum Gasteiger partial charge on any atom is -0.482 e. The van der Waals surface area contributed by atoms with E-state index in [0.29, 0.717) is 21.3 Å². The van der Waals surface area contributed by atoms with E-state index in [1.165, 1.54) is 11.3 Å². The fourth-order valence-electron chi connectivity index (χ4n) is 2.78. The third kappa shape index (κ3) is 3.39. The van der Waals surface area contributed by atoms with E-state index in [1.807, 2.05) is 13.0 Å². The SMILES string of the molecule is Cc1ccc(Cl)c(OCC(=O)Nc2sc3c(c2C(N)=O)CCC3)c1. The molecule has 24 heavy (non-hydrogen) atoms. The number of nitrogens with one attached hydrogen (secondary N) is 1. The Labute approximate surface area is 148 Å². The number of hydrogen-bond donors (Lipinski definition) is 2. The second-order valence-electron chi connectivity index (χ2n) is 5.70. The zero-order valence-corrected chi connectivity index (χ0v) is 14.7. The molecule has 0 fully saturated rings. The Morgan fingerprint density at radius 1 is 1.38 bits per heavy atom. The van der Waals surface area contributed by atoms with E-state index in [1.54, 1.807) is 12.1 Å². The van der Waals surface area contributed by atoms with Gasteiger partial charge in [-0.3, -0.25) is 9.59 Å². The highest BCUT2D eigenvalue weighted by molar-refractivity contribution is 7.17. The molecule has 0 spiro atoms. The molecule has 5 nitrogen and oxygen atoms in total. The van der Waals surface area contributed by atoms with Crippen LogP contribution in [0.3, 0.4) is 0 Å². The van der Waals surface area contributed by atoms with Gasteiger partial charge in [-0.25, -0.2) is 0 Å². The second-order valence-corrected chi connectivity index (χ2v) is 7.21. The molecule has 1 aliphatic rings. The van der Waals surface area contributed by atoms with Crippen LogP contribution in [-0.2, 0) is 17.6 Å². The van der Waals surface area contributed by atoms with Crippen LogP contribution in [0, 0.1) is 6.92 Å². The third-order valence-electron chi connectivity index (χ3n) is 3.87. The molecule has 126 valence electrons. The van der Waals surface area contributed by atoms with Crippen LogP contribution in [0.1, 0.15) is 32.8 Å². The van der Waals surface area contributed by atoms with Gasteiger partial charge in [0.1, 0.15) is 10.8 Å². The van der Waals surface area contributed by atoms with Gasteiger partial charge in [0.2, 0.25) is 0 Å². The van der Waals surface area contributed by atoms with E-state index in [0.717, 1.165) is 35.3 Å². The predicted octanol–water partition coefficient (Wildman–Crippen LogP) is 3.32. The number of nitrogens with two attached hydrogens (primary N) is 1. The molecule has 0 atom stereocenters. The maximum Gasteiger partial charge on any atom is 0.262 e. The number of ether oxygens (including phenoxy) is 1. The number of benzene rings is 1. The minimum absolute atomic E-state index is 0.191. The number of halogens is 1. The van der Waals surface area contributed by atoms with Crippen LogP contribution in [-0.4, -0.2) is 18.4 Å². The molecule has 0 saturated heterocycles. The van der Waals surface area contributed by atoms with Gasteiger partial charge in [0, 0.05) is 4.88 Å². The fourth-order valence-corrected chi connectivity index (χ4v) is 4.26. The number of aryl methyl sites for hydroxylation is 2. The topological polar surface area (TPSA) is 81.4 Å². The molecule has 2 aromatic rings. The number of primary amides is 1. The molecule has 0 unspecified atom stereocenters. The monoisotopic (exact) mass is 364 g/mol. The molecule has 2 amide bonds. The summed E-state index contributed by atoms with van der Waals surface area (Å²) in [7, 11) is 0. The van der Waals surface area contributed by atoms with Crippen molar-refractivity contribution in [3.05, 3.63) is 44.8 Å². The highest BCUT2D eigenvalue weighted by Gasteiger charge is 2.26. The lowest BCUT2D eigenvalue weighted by molar-refractivity contribution is -0.118. The van der Waals surface area contributed by atoms with Gasteiger partial charge in [0.15, 0.2) is 6.61 Å². The summed E-state index contributed by atoms with van der Waals surface area (Å²) in [5.41, 5.74) is 7.88. The number of fused-ring (bicyclic) bond motifs is 1. The van der Waals surface area contributed by atoms with Crippen LogP contribution in [0.4, 0.5) is 5.00 Å². The minimum atomic E-state index is -0.507. The summed E-state index contributed by atoms with van der Waals surface area (Å²) in [6.07, 6.45) is 2.77. The van der Waals surface area contributed by atoms with Crippen LogP contribution in [0.15, 0.2) is 18.2 Å². The number of amides is 2. The summed E-state index contributed by atoms with van der Waals surface area (Å²) in [6, 6.07) is 5.35. The van der Waals surface area contributed by atoms with Gasteiger partial charge in [-0.15, -0.1) is 11.3 Å². The first-order valence-electron chi connectivity index (χ1n) is 7.59. The van der Waals surface area contributed by atoms with Crippen LogP contribution in [0.25, 0.3) is 0 Å². The van der Waals surface area contributed by atoms with Gasteiger partial charge in [0.05, 0.1) is 10.6 Å². The van der Waals surface area contributed by atoms with Crippen LogP contribution in [0.2, 0.25) is 5.02 Å². The van der Waals surface area contributed by atoms with Gasteiger partial charge in [0.25, 0.3) is 11.8 Å². The Kier molecular flexibility index (Phi) is 4.78. The third-order valence-corrected chi connectivity index (χ3v) is 5.39. The van der Waals surface area contributed by atoms with E-state index < -0.39 is 5.91 Å². The van der Waals surface area contributed by atoms with Crippen LogP contribution >= 0.6 is 22.9 Å². The zero-order chi connectivity index (χ0) is 17.3. The van der Waals surface area contributed by atoms with Gasteiger partial charge in [-0.2, -0.15) is 0 Å². The highest BCUT2D eigenvalue weighted by atomic mass is 35.5. The summed E-state index contributed by atoms with van der Waals surface area (Å²) < 4.78 is 5.47. The molecule has 1 aromatic carbocycles. The van der Waals surface area contributed by atoms with Crippen molar-refractivity contribution in [1.82, 2.24) is 0 Å². The first-order valence-corrected chi connectivity index (χ1v) is 8.78. The van der Waals surface area contributed by atoms with E-state index >= 15 is 0 Å². The molecular weight excluding hydrogens is 348 g/mol. The summed E-state index contributed by atoms with van der Waals surface area (Å²) in [4.78, 5) is 25.0. The summed E-state index contributed by atoms with van der Waals surface area (Å²) >= 11 is 7.46. The van der Waals surface area contributed by atoms with Gasteiger partial charge >= 0.3 is 0 Å². The lowest BCUT2D eigenvalue weighted by Crippen LogP contribution is -2.22. The lowest BCUT2D eigenvalue weighted by Gasteiger charge is -2.09. The summed E-state index contributed by atoms with van der Waals surface area (Å²) in [5, 5.41) is 3.69. The van der Waals surface area contributed by atoms with Crippen molar-refractivity contribution in [2.75, 3.05) is 11.9 Å². The molecule has 1 heterocycles. The number of carbonyl (C=O) groups excluding carboxylic acids is 2. The average Bonchev–Trinajstić information content (AvgIpc) is 3.08. The Balaban J connectivity index is 1.70. The van der Waals surface area contributed by atoms with E-state index in [2.05, 4.69) is 5.32 Å². The average molecular weight is 365 g/mol. The highest BCUT2D eigenvalue weighted by Crippen LogP contribution is 2.38. The van der Waals surface area contributed by atoms with Crippen molar-refractivity contribution in [2.24, 2.45) is 5.73 Å². The lowest BCUT2D eigenvalue weighted by atomic mass is 10.1. The molecule has 0 saturated carbocycles. The quantitative estimate of drug-likeness (QED) is 0.853. The molecule has 0 radical (unpaired) electrons. The van der Waals surface area contributed by atoms with Gasteiger partial charge in [-0.05, 0) is 49.4 Å². The van der Waals surface area contributed by atoms with Crippen molar-refractivity contribution in [3.8, 4) is 5.75 Å². The Bertz CT molecular complexity index is 816. The van der Waals surface area contributed by atoms with Gasteiger partial charge in [-0.1, -0.05) is 17.7 Å². The number of hydrogen-bond acceptors (Lipinski definition) is 4. The standard InChI is InChI=1S/C17H17ClN2O3S/c1-9-5-6-11(18)12(7-9)23-8-14(21)20-17-15(16(19)22)10-3-2-4-13(10)24-17/h5-7H,2-4,8H2,1H3,(H2,19,22)(H,20,21). The smallest absolute Gasteiger partial charge is 0.262 e. The molecule has 1 aliphatic carbocycles. The second kappa shape index (κ2) is 6.83. The molecular formula is C17H17ClN2O3S. The number of anilines is 1. The molecule has 7 heteroatoms.